The number of rotatable bonds is 4. The van der Waals surface area contributed by atoms with E-state index in [-0.39, 0.29) is 11.7 Å². The molecule has 5 heteroatoms. The summed E-state index contributed by atoms with van der Waals surface area (Å²) in [5.41, 5.74) is 7.04. The Balaban J connectivity index is 2.08. The van der Waals surface area contributed by atoms with Gasteiger partial charge in [-0.1, -0.05) is 32.0 Å². The van der Waals surface area contributed by atoms with Gasteiger partial charge in [0.05, 0.1) is 24.1 Å². The summed E-state index contributed by atoms with van der Waals surface area (Å²) in [6.07, 6.45) is 3.31. The third-order valence-electron chi connectivity index (χ3n) is 5.82. The van der Waals surface area contributed by atoms with Crippen LogP contribution in [0.1, 0.15) is 63.7 Å². The molecule has 3 aromatic rings. The van der Waals surface area contributed by atoms with E-state index in [1.165, 1.54) is 19.2 Å². The molecule has 0 aliphatic heterocycles. The van der Waals surface area contributed by atoms with Crippen molar-refractivity contribution in [2.75, 3.05) is 7.11 Å². The number of hydrogen-bond acceptors (Lipinski definition) is 4. The van der Waals surface area contributed by atoms with Crippen LogP contribution >= 0.6 is 0 Å². The topological polar surface area (TPSA) is 56.3 Å². The molecule has 31 heavy (non-hydrogen) atoms. The zero-order valence-corrected chi connectivity index (χ0v) is 17.9. The first-order valence-corrected chi connectivity index (χ1v) is 10.4. The van der Waals surface area contributed by atoms with Crippen LogP contribution in [0.5, 0.6) is 0 Å². The summed E-state index contributed by atoms with van der Waals surface area (Å²) >= 11 is 0. The van der Waals surface area contributed by atoms with E-state index in [0.717, 1.165) is 59.1 Å². The van der Waals surface area contributed by atoms with Crippen LogP contribution < -0.4 is 0 Å². The molecule has 4 rings (SSSR count). The highest BCUT2D eigenvalue weighted by Gasteiger charge is 2.26. The Hall–Kier alpha value is -3.34. The summed E-state index contributed by atoms with van der Waals surface area (Å²) in [5, 5.41) is 0. The summed E-state index contributed by atoms with van der Waals surface area (Å²) in [6.45, 7) is 4.00. The fraction of sp³-hybridized carbons (Fsp3) is 0.269. The number of carbonyl (C=O) groups excluding carboxylic acids is 2. The Morgan fingerprint density at radius 3 is 2.52 bits per heavy atom. The third kappa shape index (κ3) is 3.76. The molecular formula is C26H24FNO3. The van der Waals surface area contributed by atoms with Crippen molar-refractivity contribution in [1.29, 1.82) is 0 Å². The molecule has 2 aromatic carbocycles. The molecule has 1 heterocycles. The maximum absolute atomic E-state index is 13.6. The number of fused-ring (bicyclic) bond motifs is 3. The largest absolute Gasteiger partial charge is 0.465 e. The van der Waals surface area contributed by atoms with Crippen molar-refractivity contribution in [3.8, 4) is 22.4 Å². The number of carbonyl (C=O) groups is 2. The highest BCUT2D eigenvalue weighted by Crippen LogP contribution is 2.41. The van der Waals surface area contributed by atoms with Gasteiger partial charge in [0.2, 0.25) is 0 Å². The van der Waals surface area contributed by atoms with Crippen LogP contribution in [0.3, 0.4) is 0 Å². The first kappa shape index (κ1) is 20.9. The molecule has 0 atom stereocenters. The number of halogens is 1. The average Bonchev–Trinajstić information content (AvgIpc) is 2.96. The van der Waals surface area contributed by atoms with E-state index in [0.29, 0.717) is 16.8 Å². The molecule has 0 radical (unpaired) electrons. The molecule has 0 N–H and O–H groups in total. The predicted octanol–water partition coefficient (Wildman–Crippen LogP) is 5.77. The number of pyridine rings is 1. The van der Waals surface area contributed by atoms with Crippen molar-refractivity contribution in [2.45, 2.75) is 39.0 Å². The third-order valence-corrected chi connectivity index (χ3v) is 5.82. The number of ether oxygens (including phenoxy) is 1. The van der Waals surface area contributed by atoms with Crippen molar-refractivity contribution in [3.63, 3.8) is 0 Å². The molecular weight excluding hydrogens is 393 g/mol. The molecule has 158 valence electrons. The van der Waals surface area contributed by atoms with Crippen LogP contribution in [0.25, 0.3) is 22.4 Å². The fourth-order valence-electron chi connectivity index (χ4n) is 4.34. The normalized spacial score (nSPS) is 12.7. The summed E-state index contributed by atoms with van der Waals surface area (Å²) in [4.78, 5) is 29.3. The number of aromatic nitrogens is 1. The van der Waals surface area contributed by atoms with Gasteiger partial charge in [-0.15, -0.1) is 0 Å². The molecule has 0 saturated carbocycles. The SMILES string of the molecule is COC(=O)c1ccc2c(c1)-c1nc(C(C)C)c(C=O)c(-c3ccc(F)cc3)c1CCC2. The van der Waals surface area contributed by atoms with Gasteiger partial charge in [0.25, 0.3) is 0 Å². The Morgan fingerprint density at radius 2 is 1.87 bits per heavy atom. The lowest BCUT2D eigenvalue weighted by atomic mass is 9.87. The molecule has 0 saturated heterocycles. The molecule has 1 aliphatic carbocycles. The number of aldehydes is 1. The van der Waals surface area contributed by atoms with Gasteiger partial charge in [-0.3, -0.25) is 9.78 Å². The lowest BCUT2D eigenvalue weighted by Gasteiger charge is -2.21. The van der Waals surface area contributed by atoms with Crippen LogP contribution in [0.2, 0.25) is 0 Å². The minimum absolute atomic E-state index is 0.0141. The van der Waals surface area contributed by atoms with Gasteiger partial charge in [0, 0.05) is 11.1 Å². The van der Waals surface area contributed by atoms with E-state index < -0.39 is 5.97 Å². The van der Waals surface area contributed by atoms with Crippen LogP contribution in [-0.2, 0) is 17.6 Å². The van der Waals surface area contributed by atoms with Crippen molar-refractivity contribution < 1.29 is 18.7 Å². The maximum Gasteiger partial charge on any atom is 0.337 e. The van der Waals surface area contributed by atoms with Gasteiger partial charge in [0.15, 0.2) is 6.29 Å². The van der Waals surface area contributed by atoms with Gasteiger partial charge in [-0.2, -0.15) is 0 Å². The monoisotopic (exact) mass is 417 g/mol. The zero-order chi connectivity index (χ0) is 22.1. The summed E-state index contributed by atoms with van der Waals surface area (Å²) in [5.74, 6) is -0.713. The standard InChI is InChI=1S/C26H24FNO3/c1-15(2)24-22(14-29)23(17-9-11-19(27)12-10-17)20-6-4-5-16-7-8-18(26(30)31-3)13-21(16)25(20)28-24/h7-15H,4-6H2,1-3H3. The van der Waals surface area contributed by atoms with Crippen molar-refractivity contribution >= 4 is 12.3 Å². The molecule has 1 aromatic heterocycles. The Bertz CT molecular complexity index is 1170. The van der Waals surface area contributed by atoms with Gasteiger partial charge < -0.3 is 4.74 Å². The van der Waals surface area contributed by atoms with E-state index in [1.54, 1.807) is 18.2 Å². The summed E-state index contributed by atoms with van der Waals surface area (Å²) in [7, 11) is 1.36. The molecule has 0 amide bonds. The van der Waals surface area contributed by atoms with Crippen LogP contribution in [0.15, 0.2) is 42.5 Å². The second-order valence-corrected chi connectivity index (χ2v) is 8.11. The average molecular weight is 417 g/mol. The van der Waals surface area contributed by atoms with Crippen molar-refractivity contribution in [2.24, 2.45) is 0 Å². The first-order chi connectivity index (χ1) is 14.9. The van der Waals surface area contributed by atoms with Gasteiger partial charge in [-0.05, 0) is 71.7 Å². The lowest BCUT2D eigenvalue weighted by molar-refractivity contribution is 0.0600. The first-order valence-electron chi connectivity index (χ1n) is 10.4. The molecule has 0 spiro atoms. The van der Waals surface area contributed by atoms with E-state index in [4.69, 9.17) is 9.72 Å². The number of benzene rings is 2. The Morgan fingerprint density at radius 1 is 1.13 bits per heavy atom. The van der Waals surface area contributed by atoms with Crippen LogP contribution in [-0.4, -0.2) is 24.3 Å². The minimum atomic E-state index is -0.402. The number of aryl methyl sites for hydroxylation is 1. The number of nitrogens with zero attached hydrogens (tertiary/aromatic N) is 1. The zero-order valence-electron chi connectivity index (χ0n) is 17.9. The Kier molecular flexibility index (Phi) is 5.68. The van der Waals surface area contributed by atoms with Crippen molar-refractivity contribution in [3.05, 3.63) is 76.2 Å². The molecule has 1 aliphatic rings. The minimum Gasteiger partial charge on any atom is -0.465 e. The fourth-order valence-corrected chi connectivity index (χ4v) is 4.34. The van der Waals surface area contributed by atoms with E-state index in [9.17, 15) is 14.0 Å². The second kappa shape index (κ2) is 8.42. The number of methoxy groups -OCH3 is 1. The number of esters is 1. The van der Waals surface area contributed by atoms with Crippen LogP contribution in [0.4, 0.5) is 4.39 Å². The quantitative estimate of drug-likeness (QED) is 0.400. The van der Waals surface area contributed by atoms with Gasteiger partial charge in [0.1, 0.15) is 5.82 Å². The van der Waals surface area contributed by atoms with Crippen molar-refractivity contribution in [1.82, 2.24) is 4.98 Å². The van der Waals surface area contributed by atoms with Crippen LogP contribution in [0, 0.1) is 5.82 Å². The van der Waals surface area contributed by atoms with E-state index in [2.05, 4.69) is 0 Å². The Labute approximate surface area is 181 Å². The summed E-state index contributed by atoms with van der Waals surface area (Å²) < 4.78 is 18.5. The lowest BCUT2D eigenvalue weighted by Crippen LogP contribution is -2.09. The second-order valence-electron chi connectivity index (χ2n) is 8.11. The molecule has 0 unspecified atom stereocenters. The van der Waals surface area contributed by atoms with E-state index >= 15 is 0 Å². The smallest absolute Gasteiger partial charge is 0.337 e. The highest BCUT2D eigenvalue weighted by molar-refractivity contribution is 5.95. The highest BCUT2D eigenvalue weighted by atomic mass is 19.1. The molecule has 0 bridgehead atoms. The molecule has 0 fully saturated rings. The molecule has 4 nitrogen and oxygen atoms in total. The summed E-state index contributed by atoms with van der Waals surface area (Å²) in [6, 6.07) is 11.8. The predicted molar refractivity (Wildman–Crippen MR) is 118 cm³/mol. The van der Waals surface area contributed by atoms with Gasteiger partial charge >= 0.3 is 5.97 Å². The van der Waals surface area contributed by atoms with E-state index in [1.807, 2.05) is 26.0 Å². The maximum atomic E-state index is 13.6. The number of hydrogen-bond donors (Lipinski definition) is 0. The van der Waals surface area contributed by atoms with Gasteiger partial charge in [-0.25, -0.2) is 9.18 Å².